The Balaban J connectivity index is 1.35. The van der Waals surface area contributed by atoms with Crippen LogP contribution in [0.4, 0.5) is 5.82 Å². The average Bonchev–Trinajstić information content (AvgIpc) is 3.17. The van der Waals surface area contributed by atoms with E-state index in [9.17, 15) is 0 Å². The molecular weight excluding hydrogens is 350 g/mol. The summed E-state index contributed by atoms with van der Waals surface area (Å²) in [5, 5.41) is 3.44. The zero-order valence-corrected chi connectivity index (χ0v) is 16.3. The zero-order chi connectivity index (χ0) is 19.2. The summed E-state index contributed by atoms with van der Waals surface area (Å²) in [6, 6.07) is 12.1. The Hall–Kier alpha value is -3.09. The van der Waals surface area contributed by atoms with Crippen LogP contribution in [0, 0.1) is 0 Å². The van der Waals surface area contributed by atoms with Crippen molar-refractivity contribution in [1.29, 1.82) is 0 Å². The quantitative estimate of drug-likeness (QED) is 0.545. The summed E-state index contributed by atoms with van der Waals surface area (Å²) in [6.45, 7) is 7.50. The van der Waals surface area contributed by atoms with E-state index in [0.29, 0.717) is 0 Å². The average molecular weight is 377 g/mol. The number of imidazole rings is 1. The highest BCUT2D eigenvalue weighted by molar-refractivity contribution is 5.80. The van der Waals surface area contributed by atoms with Gasteiger partial charge in [0.1, 0.15) is 11.5 Å². The molecule has 7 nitrogen and oxygen atoms in total. The lowest BCUT2D eigenvalue weighted by atomic mass is 10.3. The Bertz CT molecular complexity index is 878. The van der Waals surface area contributed by atoms with Crippen LogP contribution in [0.5, 0.6) is 0 Å². The van der Waals surface area contributed by atoms with E-state index in [1.54, 1.807) is 0 Å². The van der Waals surface area contributed by atoms with Crippen molar-refractivity contribution in [2.75, 3.05) is 44.2 Å². The van der Waals surface area contributed by atoms with Gasteiger partial charge in [0, 0.05) is 64.3 Å². The first kappa shape index (κ1) is 18.3. The third-order valence-electron chi connectivity index (χ3n) is 4.93. The summed E-state index contributed by atoms with van der Waals surface area (Å²) in [5.74, 6) is 2.04. The molecule has 0 spiro atoms. The molecule has 1 saturated heterocycles. The molecule has 0 aliphatic carbocycles. The number of piperazine rings is 1. The molecule has 0 atom stereocenters. The molecule has 0 aromatic carbocycles. The number of fused-ring (bicyclic) bond motifs is 1. The second-order valence-electron chi connectivity index (χ2n) is 6.85. The van der Waals surface area contributed by atoms with Crippen LogP contribution in [0.1, 0.15) is 12.6 Å². The molecule has 1 aliphatic heterocycles. The second kappa shape index (κ2) is 8.73. The predicted molar refractivity (Wildman–Crippen MR) is 113 cm³/mol. The van der Waals surface area contributed by atoms with Gasteiger partial charge in [-0.25, -0.2) is 9.97 Å². The number of guanidine groups is 1. The lowest BCUT2D eigenvalue weighted by molar-refractivity contribution is 0.371. The molecule has 146 valence electrons. The highest BCUT2D eigenvalue weighted by Crippen LogP contribution is 2.12. The van der Waals surface area contributed by atoms with Crippen molar-refractivity contribution in [3.05, 3.63) is 60.7 Å². The van der Waals surface area contributed by atoms with Gasteiger partial charge >= 0.3 is 0 Å². The first-order valence-corrected chi connectivity index (χ1v) is 9.95. The minimum Gasteiger partial charge on any atom is -0.357 e. The van der Waals surface area contributed by atoms with Gasteiger partial charge in [0.2, 0.25) is 0 Å². The lowest BCUT2D eigenvalue weighted by Crippen LogP contribution is -2.52. The smallest absolute Gasteiger partial charge is 0.194 e. The maximum absolute atomic E-state index is 4.85. The monoisotopic (exact) mass is 377 g/mol. The standard InChI is InChI=1S/C21H27N7/c1-2-22-21(24-11-9-18-17-28-12-6-4-8-20(28)25-18)27-15-13-26(14-16-27)19-7-3-5-10-23-19/h3-8,10,12,17H,2,9,11,13-16H2,1H3,(H,22,24). The number of nitrogens with zero attached hydrogens (tertiary/aromatic N) is 6. The maximum Gasteiger partial charge on any atom is 0.194 e. The van der Waals surface area contributed by atoms with Crippen molar-refractivity contribution in [2.24, 2.45) is 4.99 Å². The van der Waals surface area contributed by atoms with Crippen LogP contribution in [-0.4, -0.2) is 64.5 Å². The number of hydrogen-bond acceptors (Lipinski definition) is 4. The number of aliphatic imine (C=N–C) groups is 1. The first-order chi connectivity index (χ1) is 13.8. The van der Waals surface area contributed by atoms with Crippen LogP contribution in [-0.2, 0) is 6.42 Å². The number of pyridine rings is 2. The van der Waals surface area contributed by atoms with Crippen molar-refractivity contribution < 1.29 is 0 Å². The zero-order valence-electron chi connectivity index (χ0n) is 16.3. The predicted octanol–water partition coefficient (Wildman–Crippen LogP) is 2.06. The fourth-order valence-corrected chi connectivity index (χ4v) is 3.50. The molecular formula is C21H27N7. The normalized spacial score (nSPS) is 15.2. The number of anilines is 1. The minimum absolute atomic E-state index is 0.729. The van der Waals surface area contributed by atoms with Gasteiger partial charge in [0.15, 0.2) is 5.96 Å². The third kappa shape index (κ3) is 4.24. The Morgan fingerprint density at radius 2 is 1.96 bits per heavy atom. The van der Waals surface area contributed by atoms with E-state index in [1.807, 2.05) is 42.7 Å². The molecule has 4 heterocycles. The molecule has 0 saturated carbocycles. The van der Waals surface area contributed by atoms with Gasteiger partial charge in [-0.2, -0.15) is 0 Å². The summed E-state index contributed by atoms with van der Waals surface area (Å²) in [5.41, 5.74) is 2.06. The van der Waals surface area contributed by atoms with Crippen molar-refractivity contribution in [1.82, 2.24) is 24.6 Å². The van der Waals surface area contributed by atoms with Crippen molar-refractivity contribution in [2.45, 2.75) is 13.3 Å². The molecule has 0 unspecified atom stereocenters. The molecule has 0 radical (unpaired) electrons. The van der Waals surface area contributed by atoms with Gasteiger partial charge in [0.25, 0.3) is 0 Å². The third-order valence-corrected chi connectivity index (χ3v) is 4.93. The van der Waals surface area contributed by atoms with E-state index in [1.165, 1.54) is 0 Å². The van der Waals surface area contributed by atoms with Crippen LogP contribution < -0.4 is 10.2 Å². The molecule has 0 bridgehead atoms. The highest BCUT2D eigenvalue weighted by Gasteiger charge is 2.20. The van der Waals surface area contributed by atoms with Crippen LogP contribution in [0.2, 0.25) is 0 Å². The topological polar surface area (TPSA) is 61.1 Å². The van der Waals surface area contributed by atoms with Crippen LogP contribution >= 0.6 is 0 Å². The van der Waals surface area contributed by atoms with Crippen LogP contribution in [0.3, 0.4) is 0 Å². The molecule has 3 aromatic rings. The van der Waals surface area contributed by atoms with E-state index in [4.69, 9.17) is 4.99 Å². The van der Waals surface area contributed by atoms with Gasteiger partial charge in [-0.05, 0) is 31.2 Å². The van der Waals surface area contributed by atoms with E-state index in [-0.39, 0.29) is 0 Å². The molecule has 1 N–H and O–H groups in total. The summed E-state index contributed by atoms with van der Waals surface area (Å²) >= 11 is 0. The lowest BCUT2D eigenvalue weighted by Gasteiger charge is -2.37. The van der Waals surface area contributed by atoms with Crippen LogP contribution in [0.15, 0.2) is 60.0 Å². The first-order valence-electron chi connectivity index (χ1n) is 9.95. The number of nitrogens with one attached hydrogen (secondary N) is 1. The summed E-state index contributed by atoms with van der Waals surface area (Å²) in [4.78, 5) is 18.6. The van der Waals surface area contributed by atoms with Gasteiger partial charge in [-0.15, -0.1) is 0 Å². The molecule has 28 heavy (non-hydrogen) atoms. The van der Waals surface area contributed by atoms with Crippen molar-refractivity contribution in [3.63, 3.8) is 0 Å². The van der Waals surface area contributed by atoms with Gasteiger partial charge in [0.05, 0.1) is 5.69 Å². The van der Waals surface area contributed by atoms with Gasteiger partial charge in [-0.3, -0.25) is 4.99 Å². The molecule has 3 aromatic heterocycles. The highest BCUT2D eigenvalue weighted by atomic mass is 15.4. The molecule has 1 aliphatic rings. The summed E-state index contributed by atoms with van der Waals surface area (Å²) < 4.78 is 2.06. The molecule has 1 fully saturated rings. The van der Waals surface area contributed by atoms with E-state index >= 15 is 0 Å². The summed E-state index contributed by atoms with van der Waals surface area (Å²) in [7, 11) is 0. The van der Waals surface area contributed by atoms with Crippen molar-refractivity contribution in [3.8, 4) is 0 Å². The Labute approximate surface area is 165 Å². The fourth-order valence-electron chi connectivity index (χ4n) is 3.50. The number of rotatable bonds is 5. The largest absolute Gasteiger partial charge is 0.357 e. The van der Waals surface area contributed by atoms with Gasteiger partial charge < -0.3 is 19.5 Å². The van der Waals surface area contributed by atoms with Crippen molar-refractivity contribution >= 4 is 17.4 Å². The van der Waals surface area contributed by atoms with Gasteiger partial charge in [-0.1, -0.05) is 12.1 Å². The van der Waals surface area contributed by atoms with E-state index < -0.39 is 0 Å². The van der Waals surface area contributed by atoms with E-state index in [2.05, 4.69) is 48.7 Å². The molecule has 7 heteroatoms. The van der Waals surface area contributed by atoms with E-state index in [0.717, 1.165) is 68.8 Å². The van der Waals surface area contributed by atoms with Crippen LogP contribution in [0.25, 0.3) is 5.65 Å². The minimum atomic E-state index is 0.729. The Kier molecular flexibility index (Phi) is 5.70. The Morgan fingerprint density at radius 3 is 2.71 bits per heavy atom. The molecule has 4 rings (SSSR count). The number of hydrogen-bond donors (Lipinski definition) is 1. The SMILES string of the molecule is CCNC(=NCCc1cn2ccccc2n1)N1CCN(c2ccccn2)CC1. The summed E-state index contributed by atoms with van der Waals surface area (Å²) in [6.07, 6.45) is 6.81. The second-order valence-corrected chi connectivity index (χ2v) is 6.85. The molecule has 0 amide bonds. The Morgan fingerprint density at radius 1 is 1.11 bits per heavy atom. The number of aromatic nitrogens is 3. The maximum atomic E-state index is 4.85. The fraction of sp³-hybridized carbons (Fsp3) is 0.381.